The van der Waals surface area contributed by atoms with Crippen LogP contribution in [-0.4, -0.2) is 23.9 Å². The summed E-state index contributed by atoms with van der Waals surface area (Å²) in [6.07, 6.45) is 1.73. The van der Waals surface area contributed by atoms with Crippen molar-refractivity contribution in [1.29, 1.82) is 5.26 Å². The molecule has 0 saturated carbocycles. The first-order valence-corrected chi connectivity index (χ1v) is 10.9. The minimum atomic E-state index is -0.571. The monoisotopic (exact) mass is 461 g/mol. The topological polar surface area (TPSA) is 111 Å². The Morgan fingerprint density at radius 2 is 1.31 bits per heavy atom. The quantitative estimate of drug-likeness (QED) is 0.373. The maximum atomic E-state index is 13.6. The highest BCUT2D eigenvalue weighted by Gasteiger charge is 2.18. The summed E-state index contributed by atoms with van der Waals surface area (Å²) in [4.78, 5) is 35.4. The molecule has 0 fully saturated rings. The second-order valence-corrected chi connectivity index (χ2v) is 7.77. The Morgan fingerprint density at radius 3 is 1.89 bits per heavy atom. The molecule has 0 bridgehead atoms. The van der Waals surface area contributed by atoms with E-state index in [1.54, 1.807) is 30.5 Å². The van der Waals surface area contributed by atoms with Crippen LogP contribution >= 0.6 is 0 Å². The maximum Gasteiger partial charge on any atom is 0.333 e. The second-order valence-electron chi connectivity index (χ2n) is 7.77. The van der Waals surface area contributed by atoms with Crippen LogP contribution in [0.5, 0.6) is 0 Å². The van der Waals surface area contributed by atoms with E-state index in [4.69, 9.17) is 0 Å². The molecule has 2 heterocycles. The molecule has 2 aromatic heterocycles. The van der Waals surface area contributed by atoms with E-state index in [0.29, 0.717) is 5.69 Å². The standard InChI is InChI=1S/C26H19N7O2/c27-18-28-25-29-23-22(30-33(25)21-14-8-3-9-15-21)24(34)32(17-20-12-6-2-7-13-20)26(35)31(23)16-19-10-4-1-5-11-19/h1-15H,16-17H2. The van der Waals surface area contributed by atoms with Crippen molar-refractivity contribution in [2.45, 2.75) is 13.1 Å². The molecular formula is C26H19N7O2. The average Bonchev–Trinajstić information content (AvgIpc) is 2.91. The van der Waals surface area contributed by atoms with Crippen molar-refractivity contribution < 1.29 is 0 Å². The predicted octanol–water partition coefficient (Wildman–Crippen LogP) is 2.22. The maximum absolute atomic E-state index is 13.6. The van der Waals surface area contributed by atoms with Crippen molar-refractivity contribution in [3.8, 4) is 11.9 Å². The van der Waals surface area contributed by atoms with Gasteiger partial charge in [-0.2, -0.15) is 20.0 Å². The summed E-state index contributed by atoms with van der Waals surface area (Å²) in [5, 5.41) is 13.8. The zero-order chi connectivity index (χ0) is 24.2. The van der Waals surface area contributed by atoms with Crippen molar-refractivity contribution in [1.82, 2.24) is 23.9 Å². The van der Waals surface area contributed by atoms with Gasteiger partial charge in [0.15, 0.2) is 11.2 Å². The van der Waals surface area contributed by atoms with Crippen LogP contribution in [0.25, 0.3) is 16.9 Å². The highest BCUT2D eigenvalue weighted by molar-refractivity contribution is 5.68. The summed E-state index contributed by atoms with van der Waals surface area (Å²) in [6.45, 7) is 0.252. The van der Waals surface area contributed by atoms with Crippen molar-refractivity contribution in [2.24, 2.45) is 4.99 Å². The fourth-order valence-corrected chi connectivity index (χ4v) is 3.84. The van der Waals surface area contributed by atoms with E-state index in [1.165, 1.54) is 9.25 Å². The number of hydrogen-bond donors (Lipinski definition) is 0. The number of aromatic nitrogens is 5. The molecule has 0 spiro atoms. The van der Waals surface area contributed by atoms with Crippen LogP contribution in [0.3, 0.4) is 0 Å². The lowest BCUT2D eigenvalue weighted by Crippen LogP contribution is -2.43. The first-order chi connectivity index (χ1) is 17.2. The minimum Gasteiger partial charge on any atom is -0.271 e. The number of rotatable bonds is 5. The molecule has 5 rings (SSSR count). The number of fused-ring (bicyclic) bond motifs is 1. The van der Waals surface area contributed by atoms with Crippen LogP contribution < -0.4 is 16.9 Å². The fourth-order valence-electron chi connectivity index (χ4n) is 3.84. The van der Waals surface area contributed by atoms with Gasteiger partial charge in [-0.3, -0.25) is 13.9 Å². The Balaban J connectivity index is 1.84. The van der Waals surface area contributed by atoms with E-state index in [0.717, 1.165) is 15.7 Å². The molecule has 0 aliphatic carbocycles. The summed E-state index contributed by atoms with van der Waals surface area (Å²) in [5.74, 6) is 0. The second kappa shape index (κ2) is 9.41. The molecule has 170 valence electrons. The SMILES string of the molecule is N#CN=c1nc2c(nn1-c1ccccc1)c(=O)n(Cc1ccccc1)c(=O)n2Cc1ccccc1. The number of hydrogen-bond acceptors (Lipinski definition) is 6. The Labute approximate surface area is 199 Å². The molecule has 0 N–H and O–H groups in total. The summed E-state index contributed by atoms with van der Waals surface area (Å²) < 4.78 is 3.89. The zero-order valence-electron chi connectivity index (χ0n) is 18.5. The van der Waals surface area contributed by atoms with E-state index in [2.05, 4.69) is 15.1 Å². The van der Waals surface area contributed by atoms with E-state index in [-0.39, 0.29) is 29.9 Å². The van der Waals surface area contributed by atoms with E-state index < -0.39 is 11.2 Å². The highest BCUT2D eigenvalue weighted by atomic mass is 16.2. The van der Waals surface area contributed by atoms with Gasteiger partial charge in [0.25, 0.3) is 11.2 Å². The number of nitrogens with zero attached hydrogens (tertiary/aromatic N) is 7. The van der Waals surface area contributed by atoms with Crippen LogP contribution in [0.2, 0.25) is 0 Å². The molecule has 9 heteroatoms. The van der Waals surface area contributed by atoms with E-state index >= 15 is 0 Å². The van der Waals surface area contributed by atoms with Gasteiger partial charge in [-0.25, -0.2) is 4.79 Å². The van der Waals surface area contributed by atoms with Gasteiger partial charge in [0, 0.05) is 0 Å². The van der Waals surface area contributed by atoms with Gasteiger partial charge < -0.3 is 0 Å². The summed E-state index contributed by atoms with van der Waals surface area (Å²) in [6, 6.07) is 27.6. The molecule has 0 unspecified atom stereocenters. The van der Waals surface area contributed by atoms with Crippen molar-refractivity contribution >= 4 is 11.2 Å². The number of benzene rings is 3. The molecule has 0 amide bonds. The van der Waals surface area contributed by atoms with Crippen molar-refractivity contribution in [2.75, 3.05) is 0 Å². The molecule has 0 aliphatic heterocycles. The minimum absolute atomic E-state index is 0.00259. The smallest absolute Gasteiger partial charge is 0.271 e. The lowest BCUT2D eigenvalue weighted by atomic mass is 10.2. The molecule has 0 atom stereocenters. The Morgan fingerprint density at radius 1 is 0.771 bits per heavy atom. The first kappa shape index (κ1) is 21.7. The Hall–Kier alpha value is -5.10. The van der Waals surface area contributed by atoms with Gasteiger partial charge >= 0.3 is 5.69 Å². The average molecular weight is 461 g/mol. The summed E-state index contributed by atoms with van der Waals surface area (Å²) in [7, 11) is 0. The van der Waals surface area contributed by atoms with Crippen LogP contribution in [0.1, 0.15) is 11.1 Å². The number of nitriles is 1. The molecule has 35 heavy (non-hydrogen) atoms. The molecule has 3 aromatic carbocycles. The van der Waals surface area contributed by atoms with Gasteiger partial charge in [0.05, 0.1) is 18.8 Å². The lowest BCUT2D eigenvalue weighted by Gasteiger charge is -2.14. The lowest BCUT2D eigenvalue weighted by molar-refractivity contribution is 0.617. The Bertz CT molecular complexity index is 1730. The fraction of sp³-hybridized carbons (Fsp3) is 0.0769. The van der Waals surface area contributed by atoms with Gasteiger partial charge in [-0.15, -0.1) is 4.99 Å². The molecule has 0 aliphatic rings. The third-order valence-corrected chi connectivity index (χ3v) is 5.49. The molecule has 9 nitrogen and oxygen atoms in total. The van der Waals surface area contributed by atoms with Crippen LogP contribution in [0.4, 0.5) is 0 Å². The molecule has 0 radical (unpaired) electrons. The predicted molar refractivity (Wildman–Crippen MR) is 130 cm³/mol. The zero-order valence-corrected chi connectivity index (χ0v) is 18.5. The molecular weight excluding hydrogens is 442 g/mol. The Kier molecular flexibility index (Phi) is 5.84. The van der Waals surface area contributed by atoms with Gasteiger partial charge in [0.1, 0.15) is 0 Å². The van der Waals surface area contributed by atoms with Crippen LogP contribution in [0.15, 0.2) is 106 Å². The third kappa shape index (κ3) is 4.28. The third-order valence-electron chi connectivity index (χ3n) is 5.49. The van der Waals surface area contributed by atoms with E-state index in [9.17, 15) is 14.9 Å². The first-order valence-electron chi connectivity index (χ1n) is 10.9. The van der Waals surface area contributed by atoms with Crippen molar-refractivity contribution in [3.05, 3.63) is 129 Å². The summed E-state index contributed by atoms with van der Waals surface area (Å²) in [5.41, 5.74) is 1.16. The molecule has 0 saturated heterocycles. The van der Waals surface area contributed by atoms with Crippen LogP contribution in [0, 0.1) is 11.5 Å². The summed E-state index contributed by atoms with van der Waals surface area (Å²) >= 11 is 0. The van der Waals surface area contributed by atoms with E-state index in [1.807, 2.05) is 66.7 Å². The van der Waals surface area contributed by atoms with Crippen LogP contribution in [-0.2, 0) is 13.1 Å². The molecule has 5 aromatic rings. The highest BCUT2D eigenvalue weighted by Crippen LogP contribution is 2.09. The van der Waals surface area contributed by atoms with Crippen molar-refractivity contribution in [3.63, 3.8) is 0 Å². The van der Waals surface area contributed by atoms with Gasteiger partial charge in [-0.05, 0) is 23.3 Å². The largest absolute Gasteiger partial charge is 0.333 e. The number of para-hydroxylation sites is 1. The van der Waals surface area contributed by atoms with Gasteiger partial charge in [0.2, 0.25) is 6.19 Å². The normalized spacial score (nSPS) is 11.5. The van der Waals surface area contributed by atoms with Gasteiger partial charge in [-0.1, -0.05) is 78.9 Å².